The highest BCUT2D eigenvalue weighted by Gasteiger charge is 2.22. The van der Waals surface area contributed by atoms with E-state index in [4.69, 9.17) is 4.74 Å². The molecule has 0 aliphatic carbocycles. The van der Waals surface area contributed by atoms with E-state index < -0.39 is 0 Å². The van der Waals surface area contributed by atoms with Gasteiger partial charge in [0.15, 0.2) is 0 Å². The Kier molecular flexibility index (Phi) is 4.80. The monoisotopic (exact) mass is 301 g/mol. The number of methoxy groups -OCH3 is 1. The number of hydrogen-bond donors (Lipinski definition) is 1. The lowest BCUT2D eigenvalue weighted by Gasteiger charge is -2.31. The molecule has 0 aromatic carbocycles. The highest BCUT2D eigenvalue weighted by atomic mass is 16.5. The van der Waals surface area contributed by atoms with Gasteiger partial charge in [-0.1, -0.05) is 0 Å². The predicted octanol–water partition coefficient (Wildman–Crippen LogP) is 2.00. The Morgan fingerprint density at radius 2 is 2.14 bits per heavy atom. The van der Waals surface area contributed by atoms with Gasteiger partial charge in [0.25, 0.3) is 0 Å². The molecule has 3 heterocycles. The first kappa shape index (κ1) is 15.1. The molecule has 2 aromatic rings. The molecule has 118 valence electrons. The van der Waals surface area contributed by atoms with Crippen molar-refractivity contribution in [3.05, 3.63) is 29.8 Å². The van der Waals surface area contributed by atoms with Crippen molar-refractivity contribution in [1.82, 2.24) is 25.1 Å². The molecule has 1 saturated heterocycles. The number of aryl methyl sites for hydroxylation is 1. The van der Waals surface area contributed by atoms with Crippen molar-refractivity contribution in [3.63, 3.8) is 0 Å². The number of piperidine rings is 1. The zero-order valence-corrected chi connectivity index (χ0v) is 13.2. The SMILES string of the molecule is COCCN1CCC(c2cc(-c3ccn[nH]3)nc(C)n2)CC1. The van der Waals surface area contributed by atoms with Crippen LogP contribution in [0.15, 0.2) is 18.3 Å². The Bertz CT molecular complexity index is 591. The van der Waals surface area contributed by atoms with E-state index in [0.717, 1.165) is 62.0 Å². The predicted molar refractivity (Wildman–Crippen MR) is 84.6 cm³/mol. The van der Waals surface area contributed by atoms with Crippen molar-refractivity contribution in [1.29, 1.82) is 0 Å². The summed E-state index contributed by atoms with van der Waals surface area (Å²) >= 11 is 0. The molecule has 0 spiro atoms. The molecule has 3 rings (SSSR count). The molecule has 1 N–H and O–H groups in total. The van der Waals surface area contributed by atoms with E-state index in [2.05, 4.69) is 31.1 Å². The highest BCUT2D eigenvalue weighted by molar-refractivity contribution is 5.53. The molecular weight excluding hydrogens is 278 g/mol. The Labute approximate surface area is 130 Å². The van der Waals surface area contributed by atoms with Gasteiger partial charge in [-0.15, -0.1) is 0 Å². The third-order valence-electron chi connectivity index (χ3n) is 4.25. The lowest BCUT2D eigenvalue weighted by Crippen LogP contribution is -2.35. The van der Waals surface area contributed by atoms with Crippen LogP contribution in [0, 0.1) is 6.92 Å². The number of aromatic amines is 1. The number of H-pyrrole nitrogens is 1. The van der Waals surface area contributed by atoms with Crippen LogP contribution in [0.2, 0.25) is 0 Å². The summed E-state index contributed by atoms with van der Waals surface area (Å²) in [6, 6.07) is 4.05. The molecule has 0 radical (unpaired) electrons. The van der Waals surface area contributed by atoms with Gasteiger partial charge in [-0.2, -0.15) is 5.10 Å². The van der Waals surface area contributed by atoms with E-state index in [9.17, 15) is 0 Å². The summed E-state index contributed by atoms with van der Waals surface area (Å²) < 4.78 is 5.16. The maximum Gasteiger partial charge on any atom is 0.126 e. The second kappa shape index (κ2) is 6.98. The van der Waals surface area contributed by atoms with Crippen LogP contribution in [-0.4, -0.2) is 58.4 Å². The molecule has 1 aliphatic heterocycles. The topological polar surface area (TPSA) is 66.9 Å². The van der Waals surface area contributed by atoms with Gasteiger partial charge in [0.05, 0.1) is 18.0 Å². The van der Waals surface area contributed by atoms with Crippen LogP contribution < -0.4 is 0 Å². The van der Waals surface area contributed by atoms with Gasteiger partial charge in [-0.05, 0) is 45.0 Å². The largest absolute Gasteiger partial charge is 0.383 e. The molecule has 6 nitrogen and oxygen atoms in total. The third-order valence-corrected chi connectivity index (χ3v) is 4.25. The summed E-state index contributed by atoms with van der Waals surface area (Å²) in [6.45, 7) is 6.00. The van der Waals surface area contributed by atoms with Gasteiger partial charge >= 0.3 is 0 Å². The average Bonchev–Trinajstić information content (AvgIpc) is 3.07. The van der Waals surface area contributed by atoms with Crippen molar-refractivity contribution in [3.8, 4) is 11.4 Å². The van der Waals surface area contributed by atoms with Gasteiger partial charge in [0.2, 0.25) is 0 Å². The summed E-state index contributed by atoms with van der Waals surface area (Å²) in [7, 11) is 1.76. The number of nitrogens with zero attached hydrogens (tertiary/aromatic N) is 4. The van der Waals surface area contributed by atoms with Crippen LogP contribution >= 0.6 is 0 Å². The van der Waals surface area contributed by atoms with Gasteiger partial charge in [-0.3, -0.25) is 5.10 Å². The summed E-state index contributed by atoms with van der Waals surface area (Å²) in [5.41, 5.74) is 3.04. The van der Waals surface area contributed by atoms with E-state index in [1.165, 1.54) is 0 Å². The Morgan fingerprint density at radius 1 is 1.32 bits per heavy atom. The van der Waals surface area contributed by atoms with Crippen molar-refractivity contribution in [2.45, 2.75) is 25.7 Å². The number of aromatic nitrogens is 4. The molecule has 22 heavy (non-hydrogen) atoms. The molecule has 0 atom stereocenters. The minimum Gasteiger partial charge on any atom is -0.383 e. The normalized spacial score (nSPS) is 17.0. The Morgan fingerprint density at radius 3 is 2.82 bits per heavy atom. The van der Waals surface area contributed by atoms with Gasteiger partial charge in [0, 0.05) is 31.5 Å². The second-order valence-corrected chi connectivity index (χ2v) is 5.80. The highest BCUT2D eigenvalue weighted by Crippen LogP contribution is 2.28. The van der Waals surface area contributed by atoms with E-state index >= 15 is 0 Å². The molecule has 2 aromatic heterocycles. The number of nitrogens with one attached hydrogen (secondary N) is 1. The van der Waals surface area contributed by atoms with E-state index in [-0.39, 0.29) is 0 Å². The summed E-state index contributed by atoms with van der Waals surface area (Å²) in [6.07, 6.45) is 4.03. The summed E-state index contributed by atoms with van der Waals surface area (Å²) in [5.74, 6) is 1.34. The molecule has 0 bridgehead atoms. The summed E-state index contributed by atoms with van der Waals surface area (Å²) in [5, 5.41) is 6.98. The summed E-state index contributed by atoms with van der Waals surface area (Å²) in [4.78, 5) is 11.6. The first-order valence-corrected chi connectivity index (χ1v) is 7.83. The van der Waals surface area contributed by atoms with Crippen LogP contribution in [-0.2, 0) is 4.74 Å². The van der Waals surface area contributed by atoms with Gasteiger partial charge in [0.1, 0.15) is 5.82 Å². The maximum atomic E-state index is 5.16. The lowest BCUT2D eigenvalue weighted by molar-refractivity contribution is 0.130. The molecule has 6 heteroatoms. The lowest BCUT2D eigenvalue weighted by atomic mass is 9.92. The molecular formula is C16H23N5O. The van der Waals surface area contributed by atoms with Crippen molar-refractivity contribution < 1.29 is 4.74 Å². The number of likely N-dealkylation sites (tertiary alicyclic amines) is 1. The third kappa shape index (κ3) is 3.51. The zero-order valence-electron chi connectivity index (χ0n) is 13.2. The van der Waals surface area contributed by atoms with Crippen LogP contribution in [0.3, 0.4) is 0 Å². The fourth-order valence-corrected chi connectivity index (χ4v) is 3.01. The van der Waals surface area contributed by atoms with Crippen molar-refractivity contribution in [2.24, 2.45) is 0 Å². The first-order chi connectivity index (χ1) is 10.8. The maximum absolute atomic E-state index is 5.16. The molecule has 1 aliphatic rings. The molecule has 1 fully saturated rings. The van der Waals surface area contributed by atoms with Crippen LogP contribution in [0.4, 0.5) is 0 Å². The van der Waals surface area contributed by atoms with Crippen molar-refractivity contribution >= 4 is 0 Å². The number of ether oxygens (including phenoxy) is 1. The van der Waals surface area contributed by atoms with E-state index in [0.29, 0.717) is 5.92 Å². The van der Waals surface area contributed by atoms with E-state index in [1.807, 2.05) is 13.0 Å². The van der Waals surface area contributed by atoms with Crippen LogP contribution in [0.1, 0.15) is 30.3 Å². The van der Waals surface area contributed by atoms with Crippen LogP contribution in [0.5, 0.6) is 0 Å². The van der Waals surface area contributed by atoms with Crippen molar-refractivity contribution in [2.75, 3.05) is 33.4 Å². The average molecular weight is 301 g/mol. The second-order valence-electron chi connectivity index (χ2n) is 5.80. The zero-order chi connectivity index (χ0) is 15.4. The van der Waals surface area contributed by atoms with Gasteiger partial charge < -0.3 is 9.64 Å². The number of rotatable bonds is 5. The minimum atomic E-state index is 0.516. The molecule has 0 amide bonds. The van der Waals surface area contributed by atoms with E-state index in [1.54, 1.807) is 13.3 Å². The first-order valence-electron chi connectivity index (χ1n) is 7.83. The molecule has 0 saturated carbocycles. The minimum absolute atomic E-state index is 0.516. The number of hydrogen-bond acceptors (Lipinski definition) is 5. The Hall–Kier alpha value is -1.79. The standard InChI is InChI=1S/C16H23N5O/c1-12-18-15(11-16(19-12)14-3-6-17-20-14)13-4-7-21(8-5-13)9-10-22-2/h3,6,11,13H,4-5,7-10H2,1-2H3,(H,17,20). The van der Waals surface area contributed by atoms with Gasteiger partial charge in [-0.25, -0.2) is 9.97 Å². The quantitative estimate of drug-likeness (QED) is 0.915. The van der Waals surface area contributed by atoms with Crippen LogP contribution in [0.25, 0.3) is 11.4 Å². The Balaban J connectivity index is 1.70. The fourth-order valence-electron chi connectivity index (χ4n) is 3.01. The molecule has 0 unspecified atom stereocenters. The fraction of sp³-hybridized carbons (Fsp3) is 0.562. The smallest absolute Gasteiger partial charge is 0.126 e.